The van der Waals surface area contributed by atoms with E-state index in [1.54, 1.807) is 47.8 Å². The zero-order valence-corrected chi connectivity index (χ0v) is 15.5. The fourth-order valence-corrected chi connectivity index (χ4v) is 3.55. The summed E-state index contributed by atoms with van der Waals surface area (Å²) >= 11 is 5.90. The minimum Gasteiger partial charge on any atom is -0.477 e. The Kier molecular flexibility index (Phi) is 4.97. The maximum atomic E-state index is 11.9. The Morgan fingerprint density at radius 3 is 2.71 bits per heavy atom. The molecule has 2 aromatic heterocycles. The fourth-order valence-electron chi connectivity index (χ4n) is 3.42. The minimum atomic E-state index is -1.15. The standard InChI is InChI=1S/C19H17ClN4O4/c20-13-3-1-11(2-4-13)17-16(19(26)27)18(23-28-17)24-9-12(15(25)10-24)7-14-8-21-5-6-22-14/h1-6,8,12,15,25H,7,9-10H2,(H,26,27)/t12-,15-/m1/s1. The van der Waals surface area contributed by atoms with Crippen LogP contribution in [0.3, 0.4) is 0 Å². The van der Waals surface area contributed by atoms with Gasteiger partial charge >= 0.3 is 5.97 Å². The predicted octanol–water partition coefficient (Wildman–Crippen LogP) is 2.52. The highest BCUT2D eigenvalue weighted by molar-refractivity contribution is 6.30. The molecule has 3 aromatic rings. The molecule has 1 aliphatic heterocycles. The van der Waals surface area contributed by atoms with E-state index in [0.717, 1.165) is 5.69 Å². The van der Waals surface area contributed by atoms with Crippen molar-refractivity contribution < 1.29 is 19.5 Å². The smallest absolute Gasteiger partial charge is 0.343 e. The Morgan fingerprint density at radius 2 is 2.04 bits per heavy atom. The first-order valence-corrected chi connectivity index (χ1v) is 9.07. The van der Waals surface area contributed by atoms with Crippen LogP contribution < -0.4 is 4.90 Å². The van der Waals surface area contributed by atoms with Gasteiger partial charge in [-0.15, -0.1) is 0 Å². The summed E-state index contributed by atoms with van der Waals surface area (Å²) in [5, 5.41) is 24.7. The lowest BCUT2D eigenvalue weighted by Gasteiger charge is -2.15. The minimum absolute atomic E-state index is 0.0327. The Hall–Kier alpha value is -2.97. The number of benzene rings is 1. The van der Waals surface area contributed by atoms with Crippen molar-refractivity contribution in [2.45, 2.75) is 12.5 Å². The average molecular weight is 401 g/mol. The number of aliphatic hydroxyl groups excluding tert-OH is 1. The molecular formula is C19H17ClN4O4. The second kappa shape index (κ2) is 7.57. The number of aromatic nitrogens is 3. The number of carbonyl (C=O) groups is 1. The van der Waals surface area contributed by atoms with Crippen molar-refractivity contribution in [3.8, 4) is 11.3 Å². The van der Waals surface area contributed by atoms with Crippen molar-refractivity contribution in [1.29, 1.82) is 0 Å². The summed E-state index contributed by atoms with van der Waals surface area (Å²) in [7, 11) is 0. The van der Waals surface area contributed by atoms with Crippen LogP contribution in [0.25, 0.3) is 11.3 Å². The van der Waals surface area contributed by atoms with Gasteiger partial charge in [0.25, 0.3) is 0 Å². The van der Waals surface area contributed by atoms with E-state index >= 15 is 0 Å². The number of nitrogens with zero attached hydrogens (tertiary/aromatic N) is 4. The summed E-state index contributed by atoms with van der Waals surface area (Å²) < 4.78 is 5.36. The summed E-state index contributed by atoms with van der Waals surface area (Å²) in [6.45, 7) is 0.697. The van der Waals surface area contributed by atoms with E-state index in [0.29, 0.717) is 23.6 Å². The van der Waals surface area contributed by atoms with Gasteiger partial charge in [-0.25, -0.2) is 4.79 Å². The van der Waals surface area contributed by atoms with Crippen molar-refractivity contribution >= 4 is 23.4 Å². The molecule has 0 amide bonds. The van der Waals surface area contributed by atoms with Crippen LogP contribution in [0.4, 0.5) is 5.82 Å². The third-order valence-corrected chi connectivity index (χ3v) is 5.04. The monoisotopic (exact) mass is 400 g/mol. The molecule has 0 bridgehead atoms. The Labute approximate surface area is 165 Å². The van der Waals surface area contributed by atoms with Gasteiger partial charge in [-0.05, 0) is 30.7 Å². The number of aromatic carboxylic acids is 1. The summed E-state index contributed by atoms with van der Waals surface area (Å²) in [5.74, 6) is -0.897. The molecule has 3 heterocycles. The third-order valence-electron chi connectivity index (χ3n) is 4.79. The quantitative estimate of drug-likeness (QED) is 0.671. The van der Waals surface area contributed by atoms with Gasteiger partial charge in [-0.2, -0.15) is 0 Å². The largest absolute Gasteiger partial charge is 0.477 e. The number of β-amino-alcohol motifs (C(OH)–C–C–N with tert-alkyl or cyclic N) is 1. The van der Waals surface area contributed by atoms with Gasteiger partial charge in [0.15, 0.2) is 17.1 Å². The maximum absolute atomic E-state index is 11.9. The number of carboxylic acids is 1. The number of carboxylic acid groups (broad SMARTS) is 1. The second-order valence-electron chi connectivity index (χ2n) is 6.66. The molecule has 0 spiro atoms. The Morgan fingerprint density at radius 1 is 1.25 bits per heavy atom. The molecule has 1 aliphatic rings. The van der Waals surface area contributed by atoms with E-state index in [2.05, 4.69) is 15.1 Å². The predicted molar refractivity (Wildman–Crippen MR) is 101 cm³/mol. The first kappa shape index (κ1) is 18.4. The average Bonchev–Trinajstić information content (AvgIpc) is 3.27. The first-order chi connectivity index (χ1) is 13.5. The Balaban J connectivity index is 1.61. The van der Waals surface area contributed by atoms with Crippen LogP contribution in [0.15, 0.2) is 47.4 Å². The van der Waals surface area contributed by atoms with Crippen LogP contribution in [-0.4, -0.2) is 50.5 Å². The molecule has 2 atom stereocenters. The highest BCUT2D eigenvalue weighted by Gasteiger charge is 2.36. The lowest BCUT2D eigenvalue weighted by atomic mass is 10.0. The molecule has 1 aromatic carbocycles. The van der Waals surface area contributed by atoms with E-state index < -0.39 is 12.1 Å². The van der Waals surface area contributed by atoms with E-state index in [-0.39, 0.29) is 29.6 Å². The summed E-state index contributed by atoms with van der Waals surface area (Å²) in [6.07, 6.45) is 4.75. The number of hydrogen-bond donors (Lipinski definition) is 2. The molecule has 28 heavy (non-hydrogen) atoms. The lowest BCUT2D eigenvalue weighted by molar-refractivity contribution is 0.0697. The molecule has 144 valence electrons. The van der Waals surface area contributed by atoms with Crippen molar-refractivity contribution in [3.05, 3.63) is 59.1 Å². The highest BCUT2D eigenvalue weighted by Crippen LogP contribution is 2.35. The van der Waals surface area contributed by atoms with Gasteiger partial charge in [0.05, 0.1) is 11.8 Å². The van der Waals surface area contributed by atoms with Gasteiger partial charge in [-0.1, -0.05) is 16.8 Å². The molecule has 0 aliphatic carbocycles. The van der Waals surface area contributed by atoms with Crippen LogP contribution >= 0.6 is 11.6 Å². The van der Waals surface area contributed by atoms with Crippen LogP contribution in [-0.2, 0) is 6.42 Å². The Bertz CT molecular complexity index is 977. The van der Waals surface area contributed by atoms with Gasteiger partial charge in [0.1, 0.15) is 0 Å². The van der Waals surface area contributed by atoms with E-state index in [1.807, 2.05) is 0 Å². The van der Waals surface area contributed by atoms with Gasteiger partial charge in [-0.3, -0.25) is 9.97 Å². The van der Waals surface area contributed by atoms with Crippen LogP contribution in [0, 0.1) is 5.92 Å². The molecule has 9 heteroatoms. The summed E-state index contributed by atoms with van der Waals surface area (Å²) in [6, 6.07) is 6.66. The molecular weight excluding hydrogens is 384 g/mol. The topological polar surface area (TPSA) is 113 Å². The maximum Gasteiger partial charge on any atom is 0.343 e. The number of aliphatic hydroxyl groups is 1. The van der Waals surface area contributed by atoms with Gasteiger partial charge in [0.2, 0.25) is 0 Å². The molecule has 1 saturated heterocycles. The molecule has 0 saturated carbocycles. The van der Waals surface area contributed by atoms with Crippen LogP contribution in [0.5, 0.6) is 0 Å². The molecule has 0 radical (unpaired) electrons. The van der Waals surface area contributed by atoms with Crippen molar-refractivity contribution in [2.24, 2.45) is 5.92 Å². The highest BCUT2D eigenvalue weighted by atomic mass is 35.5. The fraction of sp³-hybridized carbons (Fsp3) is 0.263. The SMILES string of the molecule is O=C(O)c1c(N2C[C@@H](Cc3cnccn3)[C@H](O)C2)noc1-c1ccc(Cl)cc1. The van der Waals surface area contributed by atoms with Gasteiger partial charge in [0, 0.05) is 48.2 Å². The van der Waals surface area contributed by atoms with Gasteiger partial charge < -0.3 is 19.6 Å². The van der Waals surface area contributed by atoms with E-state index in [1.165, 1.54) is 0 Å². The van der Waals surface area contributed by atoms with Crippen LogP contribution in [0.2, 0.25) is 5.02 Å². The zero-order valence-electron chi connectivity index (χ0n) is 14.7. The number of rotatable bonds is 5. The molecule has 4 rings (SSSR count). The lowest BCUT2D eigenvalue weighted by Crippen LogP contribution is -2.23. The van der Waals surface area contributed by atoms with Crippen molar-refractivity contribution in [2.75, 3.05) is 18.0 Å². The third kappa shape index (κ3) is 3.56. The molecule has 2 N–H and O–H groups in total. The number of anilines is 1. The molecule has 8 nitrogen and oxygen atoms in total. The molecule has 1 fully saturated rings. The van der Waals surface area contributed by atoms with Crippen LogP contribution in [0.1, 0.15) is 16.1 Å². The van der Waals surface area contributed by atoms with Crippen molar-refractivity contribution in [3.63, 3.8) is 0 Å². The normalized spacial score (nSPS) is 19.1. The second-order valence-corrected chi connectivity index (χ2v) is 7.09. The van der Waals surface area contributed by atoms with E-state index in [9.17, 15) is 15.0 Å². The number of halogens is 1. The number of hydrogen-bond acceptors (Lipinski definition) is 7. The summed E-state index contributed by atoms with van der Waals surface area (Å²) in [5.41, 5.74) is 1.31. The summed E-state index contributed by atoms with van der Waals surface area (Å²) in [4.78, 5) is 21.9. The molecule has 0 unspecified atom stereocenters. The first-order valence-electron chi connectivity index (χ1n) is 8.69. The zero-order chi connectivity index (χ0) is 19.7. The van der Waals surface area contributed by atoms with Crippen molar-refractivity contribution in [1.82, 2.24) is 15.1 Å². The van der Waals surface area contributed by atoms with E-state index in [4.69, 9.17) is 16.1 Å².